The van der Waals surface area contributed by atoms with Gasteiger partial charge in [0.15, 0.2) is 8.32 Å². The van der Waals surface area contributed by atoms with Gasteiger partial charge in [0.25, 0.3) is 0 Å². The van der Waals surface area contributed by atoms with Crippen LogP contribution in [0.3, 0.4) is 0 Å². The van der Waals surface area contributed by atoms with Crippen LogP contribution in [0.4, 0.5) is 4.79 Å². The molecule has 0 aromatic rings. The number of hydrogen-bond acceptors (Lipinski definition) is 6. The molecule has 0 bridgehead atoms. The second kappa shape index (κ2) is 19.1. The zero-order chi connectivity index (χ0) is 23.4. The predicted molar refractivity (Wildman–Crippen MR) is 132 cm³/mol. The third-order valence-corrected chi connectivity index (χ3v) is 12.0. The Morgan fingerprint density at radius 3 is 1.81 bits per heavy atom. The molecule has 0 aromatic heterocycles. The summed E-state index contributed by atoms with van der Waals surface area (Å²) in [4.78, 5) is 11.6. The van der Waals surface area contributed by atoms with Crippen molar-refractivity contribution < 1.29 is 27.5 Å². The Bertz CT molecular complexity index is 432. The maximum absolute atomic E-state index is 11.6. The van der Waals surface area contributed by atoms with Gasteiger partial charge in [-0.15, -0.1) is 0 Å². The minimum atomic E-state index is -1.99. The van der Waals surface area contributed by atoms with E-state index in [0.29, 0.717) is 19.8 Å². The summed E-state index contributed by atoms with van der Waals surface area (Å²) in [5.41, 5.74) is 0. The molecule has 0 saturated carbocycles. The van der Waals surface area contributed by atoms with Gasteiger partial charge in [-0.3, -0.25) is 0 Å². The van der Waals surface area contributed by atoms with Gasteiger partial charge in [-0.05, 0) is 45.1 Å². The summed E-state index contributed by atoms with van der Waals surface area (Å²) >= 11 is 0. The van der Waals surface area contributed by atoms with Crippen molar-refractivity contribution in [3.05, 3.63) is 0 Å². The number of carbonyl (C=O) groups is 1. The second-order valence-electron chi connectivity index (χ2n) is 9.31. The van der Waals surface area contributed by atoms with Gasteiger partial charge in [0.05, 0.1) is 13.2 Å². The lowest BCUT2D eigenvalue weighted by molar-refractivity contribution is 0.0265. The molecule has 31 heavy (non-hydrogen) atoms. The number of ether oxygens (including phenoxy) is 3. The quantitative estimate of drug-likeness (QED) is 0.100. The molecule has 0 N–H and O–H groups in total. The fourth-order valence-electron chi connectivity index (χ4n) is 3.43. The molecule has 0 aliphatic rings. The summed E-state index contributed by atoms with van der Waals surface area (Å²) in [6.07, 6.45) is 13.0. The number of unbranched alkanes of at least 4 members (excludes halogenated alkanes) is 9. The molecule has 0 aromatic carbocycles. The first-order chi connectivity index (χ1) is 14.7. The molecule has 8 heteroatoms. The van der Waals surface area contributed by atoms with Crippen molar-refractivity contribution in [2.75, 3.05) is 33.5 Å². The Kier molecular flexibility index (Phi) is 18.8. The first-order valence-corrected chi connectivity index (χ1v) is 18.3. The van der Waals surface area contributed by atoms with Crippen LogP contribution in [0.1, 0.15) is 77.6 Å². The molecule has 186 valence electrons. The largest absolute Gasteiger partial charge is 0.508 e. The number of carbonyl (C=O) groups excluding carboxylic acids is 1. The molecule has 0 unspecified atom stereocenters. The molecule has 0 spiro atoms. The van der Waals surface area contributed by atoms with Crippen molar-refractivity contribution in [1.29, 1.82) is 0 Å². The van der Waals surface area contributed by atoms with Gasteiger partial charge >= 0.3 is 14.7 Å². The SMILES string of the molecule is CCCCCCCCCCCCOC(=O)OCCOCCC[Si](C)(C)O[Si](C)(C)OC. The van der Waals surface area contributed by atoms with Crippen LogP contribution in [-0.2, 0) is 22.8 Å². The zero-order valence-electron chi connectivity index (χ0n) is 21.3. The lowest BCUT2D eigenvalue weighted by Crippen LogP contribution is -2.45. The van der Waals surface area contributed by atoms with E-state index in [0.717, 1.165) is 25.3 Å². The topological polar surface area (TPSA) is 63.2 Å². The Labute approximate surface area is 194 Å². The van der Waals surface area contributed by atoms with Gasteiger partial charge in [-0.1, -0.05) is 64.7 Å². The molecule has 0 aliphatic carbocycles. The fraction of sp³-hybridized carbons (Fsp3) is 0.957. The van der Waals surface area contributed by atoms with Gasteiger partial charge in [-0.25, -0.2) is 4.79 Å². The summed E-state index contributed by atoms with van der Waals surface area (Å²) in [7, 11) is -1.99. The second-order valence-corrected chi connectivity index (χ2v) is 17.4. The molecule has 0 heterocycles. The Morgan fingerprint density at radius 2 is 1.23 bits per heavy atom. The van der Waals surface area contributed by atoms with Crippen molar-refractivity contribution in [3.63, 3.8) is 0 Å². The molecule has 0 fully saturated rings. The van der Waals surface area contributed by atoms with Crippen molar-refractivity contribution in [2.45, 2.75) is 110 Å². The third-order valence-electron chi connectivity index (χ3n) is 5.25. The molecular weight excluding hydrogens is 428 g/mol. The van der Waals surface area contributed by atoms with Crippen LogP contribution >= 0.6 is 0 Å². The molecule has 0 atom stereocenters. The first-order valence-electron chi connectivity index (χ1n) is 12.3. The van der Waals surface area contributed by atoms with Gasteiger partial charge in [0.1, 0.15) is 6.61 Å². The normalized spacial score (nSPS) is 12.2. The van der Waals surface area contributed by atoms with E-state index >= 15 is 0 Å². The van der Waals surface area contributed by atoms with Crippen LogP contribution < -0.4 is 0 Å². The van der Waals surface area contributed by atoms with E-state index in [2.05, 4.69) is 33.1 Å². The standard InChI is InChI=1S/C23H50O6Si2/c1-7-8-9-10-11-12-13-14-15-16-19-27-23(24)28-21-20-26-18-17-22-30(3,4)29-31(5,6)25-2/h7-22H2,1-6H3. The predicted octanol–water partition coefficient (Wildman–Crippen LogP) is 7.04. The number of rotatable bonds is 21. The van der Waals surface area contributed by atoms with Gasteiger partial charge in [0.2, 0.25) is 0 Å². The maximum atomic E-state index is 11.6. The lowest BCUT2D eigenvalue weighted by atomic mass is 10.1. The minimum absolute atomic E-state index is 0.234. The molecule has 0 rings (SSSR count). The smallest absolute Gasteiger partial charge is 0.436 e. The molecular formula is C23H50O6Si2. The summed E-state index contributed by atoms with van der Waals surface area (Å²) in [6.45, 7) is 12.5. The van der Waals surface area contributed by atoms with E-state index in [1.54, 1.807) is 7.11 Å². The molecule has 0 aliphatic heterocycles. The highest BCUT2D eigenvalue weighted by Gasteiger charge is 2.33. The van der Waals surface area contributed by atoms with Crippen LogP contribution in [0.15, 0.2) is 0 Å². The van der Waals surface area contributed by atoms with Crippen LogP contribution in [-0.4, -0.2) is 56.6 Å². The van der Waals surface area contributed by atoms with Crippen molar-refractivity contribution in [3.8, 4) is 0 Å². The van der Waals surface area contributed by atoms with Crippen LogP contribution in [0.5, 0.6) is 0 Å². The fourth-order valence-corrected chi connectivity index (χ4v) is 10.5. The zero-order valence-corrected chi connectivity index (χ0v) is 23.3. The highest BCUT2D eigenvalue weighted by molar-refractivity contribution is 6.82. The summed E-state index contributed by atoms with van der Waals surface area (Å²) in [5, 5.41) is 0. The van der Waals surface area contributed by atoms with Crippen LogP contribution in [0.2, 0.25) is 32.2 Å². The van der Waals surface area contributed by atoms with E-state index < -0.39 is 23.0 Å². The third kappa shape index (κ3) is 21.2. The summed E-state index contributed by atoms with van der Waals surface area (Å²) in [5.74, 6) is 0. The molecule has 6 nitrogen and oxygen atoms in total. The summed E-state index contributed by atoms with van der Waals surface area (Å²) in [6, 6.07) is 1.02. The van der Waals surface area contributed by atoms with Crippen molar-refractivity contribution >= 4 is 23.0 Å². The monoisotopic (exact) mass is 478 g/mol. The highest BCUT2D eigenvalue weighted by atomic mass is 28.4. The van der Waals surface area contributed by atoms with Gasteiger partial charge in [0, 0.05) is 13.7 Å². The van der Waals surface area contributed by atoms with Gasteiger partial charge < -0.3 is 22.8 Å². The summed E-state index contributed by atoms with van der Waals surface area (Å²) < 4.78 is 27.4. The van der Waals surface area contributed by atoms with Crippen LogP contribution in [0, 0.1) is 0 Å². The van der Waals surface area contributed by atoms with E-state index in [-0.39, 0.29) is 6.61 Å². The minimum Gasteiger partial charge on any atom is -0.436 e. The maximum Gasteiger partial charge on any atom is 0.508 e. The van der Waals surface area contributed by atoms with E-state index in [1.807, 2.05) is 0 Å². The average molecular weight is 479 g/mol. The Balaban J connectivity index is 3.44. The van der Waals surface area contributed by atoms with E-state index in [1.165, 1.54) is 51.4 Å². The number of hydrogen-bond donors (Lipinski definition) is 0. The van der Waals surface area contributed by atoms with Crippen LogP contribution in [0.25, 0.3) is 0 Å². The van der Waals surface area contributed by atoms with E-state index in [9.17, 15) is 4.79 Å². The Hall–Kier alpha value is -0.416. The lowest BCUT2D eigenvalue weighted by Gasteiger charge is -2.32. The van der Waals surface area contributed by atoms with Gasteiger partial charge in [-0.2, -0.15) is 0 Å². The van der Waals surface area contributed by atoms with Crippen molar-refractivity contribution in [2.24, 2.45) is 0 Å². The van der Waals surface area contributed by atoms with E-state index in [4.69, 9.17) is 22.8 Å². The highest BCUT2D eigenvalue weighted by Crippen LogP contribution is 2.20. The average Bonchev–Trinajstić information content (AvgIpc) is 2.70. The first kappa shape index (κ1) is 30.6. The molecule has 0 amide bonds. The molecule has 0 radical (unpaired) electrons. The molecule has 0 saturated heterocycles. The Morgan fingerprint density at radius 1 is 0.677 bits per heavy atom. The van der Waals surface area contributed by atoms with Crippen molar-refractivity contribution in [1.82, 2.24) is 0 Å².